The Morgan fingerprint density at radius 3 is 2.66 bits per heavy atom. The molecule has 32 heavy (non-hydrogen) atoms. The number of aromatic nitrogens is 3. The summed E-state index contributed by atoms with van der Waals surface area (Å²) >= 11 is 0. The standard InChI is InChI=1S/C26H34N4O2/c1-16-15-17(2)28-26(32)21(16)8-9-23(31)24-19(4)25(30-22(24)7-6-12-27-30)18(3)20-10-13-29(5)14-11-20/h6-7,12,15,18,20H,8-11,13-14H2,1-5H3,(H,28,32). The molecule has 1 N–H and O–H groups in total. The van der Waals surface area contributed by atoms with E-state index >= 15 is 0 Å². The quantitative estimate of drug-likeness (QED) is 0.590. The van der Waals surface area contributed by atoms with Crippen LogP contribution in [0.25, 0.3) is 5.52 Å². The van der Waals surface area contributed by atoms with Crippen molar-refractivity contribution in [2.24, 2.45) is 5.92 Å². The van der Waals surface area contributed by atoms with Crippen molar-refractivity contribution in [2.45, 2.75) is 59.3 Å². The highest BCUT2D eigenvalue weighted by Gasteiger charge is 2.30. The Morgan fingerprint density at radius 1 is 1.25 bits per heavy atom. The van der Waals surface area contributed by atoms with Crippen LogP contribution in [-0.4, -0.2) is 45.4 Å². The number of piperidine rings is 1. The maximum absolute atomic E-state index is 13.4. The molecule has 0 spiro atoms. The van der Waals surface area contributed by atoms with Crippen molar-refractivity contribution in [1.82, 2.24) is 19.5 Å². The van der Waals surface area contributed by atoms with Crippen molar-refractivity contribution in [3.63, 3.8) is 0 Å². The number of rotatable bonds is 6. The first-order valence-corrected chi connectivity index (χ1v) is 11.6. The van der Waals surface area contributed by atoms with Gasteiger partial charge in [-0.1, -0.05) is 6.92 Å². The van der Waals surface area contributed by atoms with E-state index in [0.717, 1.165) is 59.5 Å². The smallest absolute Gasteiger partial charge is 0.251 e. The van der Waals surface area contributed by atoms with Gasteiger partial charge in [0.05, 0.1) is 5.52 Å². The highest BCUT2D eigenvalue weighted by Crippen LogP contribution is 2.37. The lowest BCUT2D eigenvalue weighted by Gasteiger charge is -2.33. The lowest BCUT2D eigenvalue weighted by atomic mass is 9.82. The molecule has 4 heterocycles. The molecular formula is C26H34N4O2. The summed E-state index contributed by atoms with van der Waals surface area (Å²) in [6, 6.07) is 5.85. The van der Waals surface area contributed by atoms with Gasteiger partial charge in [-0.15, -0.1) is 0 Å². The summed E-state index contributed by atoms with van der Waals surface area (Å²) in [5.74, 6) is 0.991. The zero-order valence-corrected chi connectivity index (χ0v) is 19.9. The van der Waals surface area contributed by atoms with E-state index in [2.05, 4.69) is 35.9 Å². The van der Waals surface area contributed by atoms with Gasteiger partial charge >= 0.3 is 0 Å². The minimum absolute atomic E-state index is 0.0780. The number of aryl methyl sites for hydroxylation is 2. The summed E-state index contributed by atoms with van der Waals surface area (Å²) in [5, 5.41) is 4.63. The van der Waals surface area contributed by atoms with E-state index in [9.17, 15) is 9.59 Å². The minimum Gasteiger partial charge on any atom is -0.326 e. The zero-order chi connectivity index (χ0) is 23.0. The molecule has 1 aliphatic heterocycles. The molecule has 3 aromatic rings. The summed E-state index contributed by atoms with van der Waals surface area (Å²) in [4.78, 5) is 31.1. The molecule has 1 aliphatic rings. The first-order chi connectivity index (χ1) is 15.3. The molecule has 0 aromatic carbocycles. The fourth-order valence-electron chi connectivity index (χ4n) is 5.43. The molecule has 170 valence electrons. The average Bonchev–Trinajstić information content (AvgIpc) is 3.04. The predicted molar refractivity (Wildman–Crippen MR) is 128 cm³/mol. The Balaban J connectivity index is 1.65. The summed E-state index contributed by atoms with van der Waals surface area (Å²) < 4.78 is 1.98. The van der Waals surface area contributed by atoms with Crippen LogP contribution >= 0.6 is 0 Å². The third kappa shape index (κ3) is 4.16. The molecule has 0 saturated carbocycles. The monoisotopic (exact) mass is 434 g/mol. The van der Waals surface area contributed by atoms with Crippen molar-refractivity contribution in [3.05, 3.63) is 68.4 Å². The summed E-state index contributed by atoms with van der Waals surface area (Å²) in [6.07, 6.45) is 4.87. The Morgan fingerprint density at radius 2 is 1.97 bits per heavy atom. The molecule has 1 atom stereocenters. The number of H-pyrrole nitrogens is 1. The second-order valence-electron chi connectivity index (χ2n) is 9.50. The molecule has 0 radical (unpaired) electrons. The number of hydrogen-bond acceptors (Lipinski definition) is 4. The van der Waals surface area contributed by atoms with Crippen LogP contribution in [0.15, 0.2) is 29.2 Å². The number of nitrogens with zero attached hydrogens (tertiary/aromatic N) is 3. The van der Waals surface area contributed by atoms with Gasteiger partial charge in [0.25, 0.3) is 5.56 Å². The summed E-state index contributed by atoms with van der Waals surface area (Å²) in [6.45, 7) is 10.4. The minimum atomic E-state index is -0.0907. The number of pyridine rings is 1. The average molecular weight is 435 g/mol. The fraction of sp³-hybridized carbons (Fsp3) is 0.500. The third-order valence-corrected chi connectivity index (χ3v) is 7.27. The van der Waals surface area contributed by atoms with E-state index in [1.807, 2.05) is 36.6 Å². The Hall–Kier alpha value is -2.73. The van der Waals surface area contributed by atoms with Crippen molar-refractivity contribution >= 4 is 11.3 Å². The first kappa shape index (κ1) is 22.5. The molecule has 6 heteroatoms. The normalized spacial score (nSPS) is 16.5. The van der Waals surface area contributed by atoms with Gasteiger partial charge in [0.1, 0.15) is 0 Å². The van der Waals surface area contributed by atoms with Crippen LogP contribution < -0.4 is 5.56 Å². The molecule has 4 rings (SSSR count). The van der Waals surface area contributed by atoms with Gasteiger partial charge in [-0.05, 0) is 95.4 Å². The third-order valence-electron chi connectivity index (χ3n) is 7.27. The number of Topliss-reactive ketones (excluding diaryl/α,β-unsaturated/α-hetero) is 1. The lowest BCUT2D eigenvalue weighted by Crippen LogP contribution is -2.32. The second-order valence-corrected chi connectivity index (χ2v) is 9.50. The van der Waals surface area contributed by atoms with Gasteiger partial charge in [-0.2, -0.15) is 5.10 Å². The maximum Gasteiger partial charge on any atom is 0.251 e. The van der Waals surface area contributed by atoms with E-state index in [1.54, 1.807) is 6.20 Å². The molecule has 3 aromatic heterocycles. The number of aromatic amines is 1. The van der Waals surface area contributed by atoms with Crippen LogP contribution in [0.1, 0.15) is 70.5 Å². The zero-order valence-electron chi connectivity index (χ0n) is 19.9. The second kappa shape index (κ2) is 9.02. The molecule has 0 aliphatic carbocycles. The Labute approximate surface area is 189 Å². The van der Waals surface area contributed by atoms with E-state index < -0.39 is 0 Å². The summed E-state index contributed by atoms with van der Waals surface area (Å²) in [5.41, 5.74) is 6.22. The van der Waals surface area contributed by atoms with Gasteiger partial charge < -0.3 is 9.88 Å². The van der Waals surface area contributed by atoms with E-state index in [1.165, 1.54) is 0 Å². The van der Waals surface area contributed by atoms with Gasteiger partial charge in [-0.3, -0.25) is 9.59 Å². The van der Waals surface area contributed by atoms with Crippen LogP contribution in [-0.2, 0) is 6.42 Å². The van der Waals surface area contributed by atoms with Gasteiger partial charge in [0, 0.05) is 41.1 Å². The largest absolute Gasteiger partial charge is 0.326 e. The van der Waals surface area contributed by atoms with E-state index in [0.29, 0.717) is 30.2 Å². The van der Waals surface area contributed by atoms with Gasteiger partial charge in [0.2, 0.25) is 0 Å². The van der Waals surface area contributed by atoms with Crippen LogP contribution in [0, 0.1) is 26.7 Å². The summed E-state index contributed by atoms with van der Waals surface area (Å²) in [7, 11) is 2.18. The molecule has 1 fully saturated rings. The SMILES string of the molecule is Cc1cc(C)c(CCC(=O)c2c(C)c(C(C)C3CCN(C)CC3)n3ncccc23)c(=O)[nH]1. The number of carbonyl (C=O) groups is 1. The number of ketones is 1. The molecule has 1 saturated heterocycles. The van der Waals surface area contributed by atoms with Crippen molar-refractivity contribution in [2.75, 3.05) is 20.1 Å². The molecule has 1 unspecified atom stereocenters. The predicted octanol–water partition coefficient (Wildman–Crippen LogP) is 4.21. The molecule has 6 nitrogen and oxygen atoms in total. The number of hydrogen-bond donors (Lipinski definition) is 1. The lowest BCUT2D eigenvalue weighted by molar-refractivity contribution is 0.0983. The topological polar surface area (TPSA) is 70.5 Å². The first-order valence-electron chi connectivity index (χ1n) is 11.6. The van der Waals surface area contributed by atoms with Crippen LogP contribution in [0.5, 0.6) is 0 Å². The van der Waals surface area contributed by atoms with Crippen molar-refractivity contribution in [1.29, 1.82) is 0 Å². The van der Waals surface area contributed by atoms with Gasteiger partial charge in [-0.25, -0.2) is 4.52 Å². The number of likely N-dealkylation sites (tertiary alicyclic amines) is 1. The van der Waals surface area contributed by atoms with Crippen molar-refractivity contribution in [3.8, 4) is 0 Å². The maximum atomic E-state index is 13.4. The molecule has 0 bridgehead atoms. The van der Waals surface area contributed by atoms with Crippen molar-refractivity contribution < 1.29 is 4.79 Å². The fourth-order valence-corrected chi connectivity index (χ4v) is 5.43. The van der Waals surface area contributed by atoms with Crippen LogP contribution in [0.2, 0.25) is 0 Å². The van der Waals surface area contributed by atoms with E-state index in [4.69, 9.17) is 0 Å². The van der Waals surface area contributed by atoms with Gasteiger partial charge in [0.15, 0.2) is 5.78 Å². The van der Waals surface area contributed by atoms with Crippen LogP contribution in [0.4, 0.5) is 0 Å². The molecule has 0 amide bonds. The van der Waals surface area contributed by atoms with E-state index in [-0.39, 0.29) is 11.3 Å². The number of carbonyl (C=O) groups excluding carboxylic acids is 1. The number of nitrogens with one attached hydrogen (secondary N) is 1. The number of fused-ring (bicyclic) bond motifs is 1. The highest BCUT2D eigenvalue weighted by molar-refractivity contribution is 6.04. The highest BCUT2D eigenvalue weighted by atomic mass is 16.1. The Kier molecular flexibility index (Phi) is 6.33. The van der Waals surface area contributed by atoms with Crippen LogP contribution in [0.3, 0.4) is 0 Å². The Bertz CT molecular complexity index is 1200. The molecular weight excluding hydrogens is 400 g/mol.